The van der Waals surface area contributed by atoms with Gasteiger partial charge in [0.05, 0.1) is 11.8 Å². The van der Waals surface area contributed by atoms with Crippen LogP contribution < -0.4 is 5.32 Å². The maximum atomic E-state index is 5.55. The van der Waals surface area contributed by atoms with Crippen molar-refractivity contribution in [2.45, 2.75) is 46.3 Å². The van der Waals surface area contributed by atoms with Gasteiger partial charge in [0.25, 0.3) is 0 Å². The monoisotopic (exact) mass is 278 g/mol. The van der Waals surface area contributed by atoms with E-state index in [2.05, 4.69) is 41.1 Å². The number of likely N-dealkylation sites (N-methyl/N-ethyl adjacent to an activating group) is 1. The lowest BCUT2D eigenvalue weighted by atomic mass is 10.1. The maximum absolute atomic E-state index is 5.55. The average molecular weight is 278 g/mol. The van der Waals surface area contributed by atoms with Crippen LogP contribution in [0.3, 0.4) is 0 Å². The fourth-order valence-electron chi connectivity index (χ4n) is 2.42. The van der Waals surface area contributed by atoms with Crippen molar-refractivity contribution in [1.82, 2.24) is 14.9 Å². The first kappa shape index (κ1) is 15.2. The highest BCUT2D eigenvalue weighted by Crippen LogP contribution is 2.22. The molecule has 20 heavy (non-hydrogen) atoms. The number of rotatable bonds is 6. The van der Waals surface area contributed by atoms with Gasteiger partial charge in [0, 0.05) is 38.2 Å². The zero-order chi connectivity index (χ0) is 14.5. The third kappa shape index (κ3) is 4.15. The van der Waals surface area contributed by atoms with Gasteiger partial charge in [-0.2, -0.15) is 0 Å². The minimum absolute atomic E-state index is 0.303. The lowest BCUT2D eigenvalue weighted by Crippen LogP contribution is -2.29. The second kappa shape index (κ2) is 6.99. The van der Waals surface area contributed by atoms with Crippen LogP contribution in [-0.4, -0.2) is 47.7 Å². The third-order valence-corrected chi connectivity index (χ3v) is 3.43. The molecule has 0 saturated heterocycles. The Morgan fingerprint density at radius 2 is 2.15 bits per heavy atom. The molecule has 0 aliphatic carbocycles. The highest BCUT2D eigenvalue weighted by molar-refractivity contribution is 5.47. The molecular weight excluding hydrogens is 252 g/mol. The van der Waals surface area contributed by atoms with Crippen molar-refractivity contribution in [3.8, 4) is 0 Å². The molecule has 0 atom stereocenters. The largest absolute Gasteiger partial charge is 0.379 e. The fraction of sp³-hybridized carbons (Fsp3) is 0.733. The van der Waals surface area contributed by atoms with Crippen LogP contribution in [0, 0.1) is 6.92 Å². The summed E-state index contributed by atoms with van der Waals surface area (Å²) in [6.45, 7) is 9.77. The van der Waals surface area contributed by atoms with Gasteiger partial charge >= 0.3 is 0 Å². The van der Waals surface area contributed by atoms with E-state index in [0.717, 1.165) is 50.7 Å². The second-order valence-electron chi connectivity index (χ2n) is 5.73. The molecule has 0 unspecified atom stereocenters. The minimum Gasteiger partial charge on any atom is -0.379 e. The summed E-state index contributed by atoms with van der Waals surface area (Å²) in [5.74, 6) is 1.86. The Labute approximate surface area is 121 Å². The standard InChI is InChI=1S/C15H26N4O/c1-11(2)20-9-5-7-16-15-13-10-19(4)8-6-14(13)17-12(3)18-15/h11H,5-10H2,1-4H3,(H,16,17,18). The van der Waals surface area contributed by atoms with Gasteiger partial charge in [0.2, 0.25) is 0 Å². The molecule has 1 aliphatic rings. The van der Waals surface area contributed by atoms with Crippen LogP contribution >= 0.6 is 0 Å². The molecule has 1 aromatic rings. The number of nitrogens with zero attached hydrogens (tertiary/aromatic N) is 3. The van der Waals surface area contributed by atoms with Crippen LogP contribution in [0.1, 0.15) is 37.4 Å². The van der Waals surface area contributed by atoms with Gasteiger partial charge in [-0.1, -0.05) is 0 Å². The zero-order valence-electron chi connectivity index (χ0n) is 13.1. The molecular formula is C15H26N4O. The van der Waals surface area contributed by atoms with E-state index in [4.69, 9.17) is 4.74 Å². The molecule has 0 bridgehead atoms. The van der Waals surface area contributed by atoms with Crippen molar-refractivity contribution >= 4 is 5.82 Å². The van der Waals surface area contributed by atoms with Gasteiger partial charge in [0.1, 0.15) is 11.6 Å². The number of hydrogen-bond donors (Lipinski definition) is 1. The number of aromatic nitrogens is 2. The summed E-state index contributed by atoms with van der Waals surface area (Å²) in [4.78, 5) is 11.5. The van der Waals surface area contributed by atoms with Crippen molar-refractivity contribution in [3.05, 3.63) is 17.1 Å². The van der Waals surface area contributed by atoms with Crippen LogP contribution in [0.25, 0.3) is 0 Å². The quantitative estimate of drug-likeness (QED) is 0.807. The Morgan fingerprint density at radius 3 is 2.90 bits per heavy atom. The topological polar surface area (TPSA) is 50.3 Å². The normalized spacial score (nSPS) is 15.4. The third-order valence-electron chi connectivity index (χ3n) is 3.43. The molecule has 2 heterocycles. The SMILES string of the molecule is Cc1nc2c(c(NCCCOC(C)C)n1)CN(C)CC2. The lowest BCUT2D eigenvalue weighted by Gasteiger charge is -2.26. The van der Waals surface area contributed by atoms with E-state index in [-0.39, 0.29) is 0 Å². The van der Waals surface area contributed by atoms with E-state index in [1.165, 1.54) is 11.3 Å². The summed E-state index contributed by atoms with van der Waals surface area (Å²) < 4.78 is 5.55. The Kier molecular flexibility index (Phi) is 5.31. The van der Waals surface area contributed by atoms with E-state index in [9.17, 15) is 0 Å². The van der Waals surface area contributed by atoms with Crippen LogP contribution in [0.2, 0.25) is 0 Å². The Bertz CT molecular complexity index is 448. The molecule has 0 fully saturated rings. The number of nitrogens with one attached hydrogen (secondary N) is 1. The molecule has 5 heteroatoms. The van der Waals surface area contributed by atoms with Crippen LogP contribution in [0.15, 0.2) is 0 Å². The van der Waals surface area contributed by atoms with Crippen molar-refractivity contribution in [1.29, 1.82) is 0 Å². The first-order valence-electron chi connectivity index (χ1n) is 7.46. The first-order valence-corrected chi connectivity index (χ1v) is 7.46. The summed E-state index contributed by atoms with van der Waals surface area (Å²) in [5.41, 5.74) is 2.46. The maximum Gasteiger partial charge on any atom is 0.134 e. The van der Waals surface area contributed by atoms with Crippen molar-refractivity contribution in [3.63, 3.8) is 0 Å². The molecule has 112 valence electrons. The summed E-state index contributed by atoms with van der Waals surface area (Å²) in [6, 6.07) is 0. The Hall–Kier alpha value is -1.20. The van der Waals surface area contributed by atoms with E-state index in [0.29, 0.717) is 6.10 Å². The van der Waals surface area contributed by atoms with Gasteiger partial charge in [-0.3, -0.25) is 0 Å². The van der Waals surface area contributed by atoms with E-state index < -0.39 is 0 Å². The second-order valence-corrected chi connectivity index (χ2v) is 5.73. The predicted octanol–water partition coefficient (Wildman–Crippen LogP) is 2.00. The number of ether oxygens (including phenoxy) is 1. The van der Waals surface area contributed by atoms with Crippen LogP contribution in [0.4, 0.5) is 5.82 Å². The van der Waals surface area contributed by atoms with Crippen LogP contribution in [-0.2, 0) is 17.7 Å². The first-order chi connectivity index (χ1) is 9.56. The molecule has 0 aromatic carbocycles. The van der Waals surface area contributed by atoms with E-state index >= 15 is 0 Å². The summed E-state index contributed by atoms with van der Waals surface area (Å²) in [7, 11) is 2.14. The van der Waals surface area contributed by atoms with Gasteiger partial charge in [-0.05, 0) is 34.2 Å². The highest BCUT2D eigenvalue weighted by atomic mass is 16.5. The van der Waals surface area contributed by atoms with Gasteiger partial charge in [-0.25, -0.2) is 9.97 Å². The number of anilines is 1. The molecule has 0 radical (unpaired) electrons. The average Bonchev–Trinajstić information content (AvgIpc) is 2.38. The van der Waals surface area contributed by atoms with Crippen molar-refractivity contribution in [2.75, 3.05) is 32.1 Å². The smallest absolute Gasteiger partial charge is 0.134 e. The van der Waals surface area contributed by atoms with E-state index in [1.807, 2.05) is 6.92 Å². The van der Waals surface area contributed by atoms with Gasteiger partial charge < -0.3 is 15.0 Å². The van der Waals surface area contributed by atoms with Gasteiger partial charge in [-0.15, -0.1) is 0 Å². The molecule has 2 rings (SSSR count). The molecule has 1 aromatic heterocycles. The predicted molar refractivity (Wildman–Crippen MR) is 81.0 cm³/mol. The van der Waals surface area contributed by atoms with Gasteiger partial charge in [0.15, 0.2) is 0 Å². The number of fused-ring (bicyclic) bond motifs is 1. The summed E-state index contributed by atoms with van der Waals surface area (Å²) in [5, 5.41) is 3.45. The minimum atomic E-state index is 0.303. The molecule has 5 nitrogen and oxygen atoms in total. The molecule has 0 saturated carbocycles. The molecule has 1 aliphatic heterocycles. The number of aryl methyl sites for hydroxylation is 1. The van der Waals surface area contributed by atoms with Crippen molar-refractivity contribution in [2.24, 2.45) is 0 Å². The molecule has 1 N–H and O–H groups in total. The van der Waals surface area contributed by atoms with Crippen molar-refractivity contribution < 1.29 is 4.74 Å². The zero-order valence-corrected chi connectivity index (χ0v) is 13.1. The molecule has 0 spiro atoms. The highest BCUT2D eigenvalue weighted by Gasteiger charge is 2.19. The summed E-state index contributed by atoms with van der Waals surface area (Å²) in [6.07, 6.45) is 2.31. The fourth-order valence-corrected chi connectivity index (χ4v) is 2.42. The van der Waals surface area contributed by atoms with Crippen LogP contribution in [0.5, 0.6) is 0 Å². The van der Waals surface area contributed by atoms with E-state index in [1.54, 1.807) is 0 Å². The Balaban J connectivity index is 1.95. The summed E-state index contributed by atoms with van der Waals surface area (Å²) >= 11 is 0. The number of hydrogen-bond acceptors (Lipinski definition) is 5. The Morgan fingerprint density at radius 1 is 1.35 bits per heavy atom. The lowest BCUT2D eigenvalue weighted by molar-refractivity contribution is 0.0787. The molecule has 0 amide bonds.